The number of nitrogens with two attached hydrogens (primary N) is 5. The van der Waals surface area contributed by atoms with Crippen LogP contribution in [0.4, 0.5) is 0 Å². The molecule has 0 bridgehead atoms. The molecule has 0 unspecified atom stereocenters. The summed E-state index contributed by atoms with van der Waals surface area (Å²) in [7, 11) is 0. The zero-order valence-electron chi connectivity index (χ0n) is 71.0. The Morgan fingerprint density at radius 1 is 0.524 bits per heavy atom. The lowest BCUT2D eigenvalue weighted by Crippen LogP contribution is -2.62. The monoisotopic (exact) mass is 1760 g/mol. The molecule has 1 aromatic carbocycles. The fourth-order valence-corrected chi connectivity index (χ4v) is 14.2. The minimum absolute atomic E-state index is 0.0251. The van der Waals surface area contributed by atoms with Crippen LogP contribution in [-0.2, 0) is 101 Å². The van der Waals surface area contributed by atoms with Gasteiger partial charge in [-0.05, 0) is 101 Å². The molecule has 5 rings (SSSR count). The Morgan fingerprint density at radius 2 is 0.984 bits per heavy atom. The molecule has 686 valence electrons. The molecule has 2 aliphatic rings. The maximum atomic E-state index is 14.9. The fourth-order valence-electron chi connectivity index (χ4n) is 13.9. The number of aromatic nitrogens is 4. The molecule has 2 saturated heterocycles. The van der Waals surface area contributed by atoms with Gasteiger partial charge in [-0.25, -0.2) is 14.8 Å². The number of likely N-dealkylation sites (tertiary alicyclic amines) is 2. The molecular weight excluding hydrogens is 1640 g/mol. The SMILES string of the molecule is CC[C@H](C)[C@H](NC(=O)[C@H](CS)NC(=O)[C@H](Cc1c[nH]cn1)NC(=O)[C@H](C)NC(=O)[C@@H](NC(=O)[C@@H](N)CCCCN)[C@@H](C)CC)C(=O)N[C@@H](CC(C)C)C(=O)N[C@@H](Cc1ccccc1)C(=O)N[C@@H](CC(N)=O)C(=O)N[C@@H](CCC(N)=O)C(=O)N1CCC[C@H]1C(=O)N[C@@H](Cc1c[nH]cn1)C(=O)N[C@@H](CO)C(=O)N1CCC[C@H]1C(=O)N[C@@H](CCCNC(=N)N)C(=O)O. The summed E-state index contributed by atoms with van der Waals surface area (Å²) in [4.78, 5) is 254. The van der Waals surface area contributed by atoms with Crippen LogP contribution in [0.1, 0.15) is 162 Å². The number of aliphatic hydroxyl groups excluding tert-OH is 1. The zero-order valence-corrected chi connectivity index (χ0v) is 71.9. The second-order valence-electron chi connectivity index (χ2n) is 31.5. The number of carbonyl (C=O) groups is 17. The van der Waals surface area contributed by atoms with Crippen molar-refractivity contribution in [3.05, 3.63) is 72.3 Å². The van der Waals surface area contributed by atoms with Gasteiger partial charge in [0.15, 0.2) is 5.96 Å². The van der Waals surface area contributed by atoms with E-state index in [0.29, 0.717) is 43.5 Å². The van der Waals surface area contributed by atoms with Crippen LogP contribution in [0, 0.1) is 23.2 Å². The van der Waals surface area contributed by atoms with Crippen molar-refractivity contribution in [1.29, 1.82) is 5.41 Å². The fraction of sp³-hybridized carbons (Fsp3) is 0.620. The molecule has 2 aromatic heterocycles. The summed E-state index contributed by atoms with van der Waals surface area (Å²) >= 11 is 4.37. The Kier molecular flexibility index (Phi) is 43.0. The summed E-state index contributed by atoms with van der Waals surface area (Å²) in [6.07, 6.45) is 5.52. The Bertz CT molecular complexity index is 4110. The number of hydrogen-bond acceptors (Lipinski definition) is 24. The van der Waals surface area contributed by atoms with E-state index in [1.807, 2.05) is 6.92 Å². The molecule has 0 saturated carbocycles. The summed E-state index contributed by atoms with van der Waals surface area (Å²) in [6, 6.07) is -13.5. The normalized spacial score (nSPS) is 17.3. The quantitative estimate of drug-likeness (QED) is 0.0108. The van der Waals surface area contributed by atoms with Gasteiger partial charge in [-0.1, -0.05) is 91.1 Å². The number of H-pyrrole nitrogens is 2. The van der Waals surface area contributed by atoms with Crippen LogP contribution in [0.25, 0.3) is 0 Å². The van der Waals surface area contributed by atoms with E-state index >= 15 is 0 Å². The number of aliphatic carboxylic acids is 1. The van der Waals surface area contributed by atoms with Gasteiger partial charge >= 0.3 is 5.97 Å². The number of aliphatic hydroxyl groups is 1. The number of imidazole rings is 2. The number of thiol groups is 1. The number of benzene rings is 1. The summed E-state index contributed by atoms with van der Waals surface area (Å²) < 4.78 is 0. The largest absolute Gasteiger partial charge is 0.480 e. The maximum absolute atomic E-state index is 14.9. The standard InChI is InChI=1S/C79H125N25O19S/c1-8-42(5)62(101-65(109)48(81)20-13-14-26-80)74(118)91-44(7)64(108)94-53(32-46-35-86-39-89-46)69(113)100-57(38-124)71(115)102-63(43(6)9-2)75(119)98-51(30-41(3)4)66(110)95-52(31-45-18-11-10-12-19-45)67(111)96-55(34-61(83)107)70(114)92-49(24-25-60(82)106)76(120)103-28-16-23-59(103)73(117)97-54(33-47-36-87-40-90-47)68(112)99-56(37-105)77(121)104-29-17-22-58(104)72(116)93-50(78(122)123)21-15-27-88-79(84)85/h10-12,18-19,35-36,39-44,48-59,62-63,105,124H,8-9,13-17,20-34,37-38,80-81H2,1-7H3,(H2,82,106)(H2,83,107)(H,86,89)(H,87,90)(H,91,118)(H,92,114)(H,93,116)(H,94,108)(H,95,110)(H,96,111)(H,97,117)(H,98,119)(H,99,112)(H,100,113)(H,101,109)(H,102,115)(H,122,123)(H4,84,85,88)/t42-,43-,44-,48-,49-,50-,51-,52-,53-,54-,55-,56-,57-,58-,59-,62-,63-/m0/s1. The number of amides is 16. The molecule has 2 fully saturated rings. The van der Waals surface area contributed by atoms with Gasteiger partial charge in [0, 0.05) is 63.5 Å². The third-order valence-electron chi connectivity index (χ3n) is 21.3. The van der Waals surface area contributed by atoms with E-state index in [2.05, 4.69) is 102 Å². The topological polar surface area (TPSA) is 705 Å². The average Bonchev–Trinajstić information content (AvgIpc) is 1.71. The number of carboxylic acid groups (broad SMARTS) is 1. The molecule has 17 atom stereocenters. The highest BCUT2D eigenvalue weighted by molar-refractivity contribution is 7.80. The Morgan fingerprint density at radius 3 is 1.48 bits per heavy atom. The number of hydrogen-bond donors (Lipinski definition) is 24. The summed E-state index contributed by atoms with van der Waals surface area (Å²) in [6.45, 7) is 11.1. The van der Waals surface area contributed by atoms with Crippen LogP contribution in [0.3, 0.4) is 0 Å². The number of primary amides is 2. The number of aromatic amines is 2. The molecule has 45 heteroatoms. The van der Waals surface area contributed by atoms with Crippen molar-refractivity contribution in [2.24, 2.45) is 46.4 Å². The zero-order chi connectivity index (χ0) is 92.0. The number of nitrogens with zero attached hydrogens (tertiary/aromatic N) is 4. The van der Waals surface area contributed by atoms with Crippen LogP contribution < -0.4 is 97.8 Å². The second-order valence-corrected chi connectivity index (χ2v) is 31.9. The molecule has 2 aliphatic heterocycles. The van der Waals surface area contributed by atoms with Crippen molar-refractivity contribution < 1.29 is 91.7 Å². The third kappa shape index (κ3) is 33.1. The van der Waals surface area contributed by atoms with Crippen molar-refractivity contribution >= 4 is 119 Å². The smallest absolute Gasteiger partial charge is 0.326 e. The van der Waals surface area contributed by atoms with E-state index in [1.165, 1.54) is 32.0 Å². The predicted molar refractivity (Wildman–Crippen MR) is 452 cm³/mol. The van der Waals surface area contributed by atoms with Crippen LogP contribution >= 0.6 is 12.6 Å². The molecule has 0 aliphatic carbocycles. The van der Waals surface area contributed by atoms with Crippen LogP contribution in [0.2, 0.25) is 0 Å². The van der Waals surface area contributed by atoms with Crippen molar-refractivity contribution in [2.45, 2.75) is 255 Å². The molecule has 3 aromatic rings. The van der Waals surface area contributed by atoms with Gasteiger partial charge in [0.2, 0.25) is 94.5 Å². The molecule has 44 nitrogen and oxygen atoms in total. The number of rotatable bonds is 54. The first kappa shape index (κ1) is 103. The molecule has 124 heavy (non-hydrogen) atoms. The van der Waals surface area contributed by atoms with E-state index in [-0.39, 0.29) is 114 Å². The summed E-state index contributed by atoms with van der Waals surface area (Å²) in [5.74, 6) is -18.2. The molecule has 28 N–H and O–H groups in total. The highest BCUT2D eigenvalue weighted by Crippen LogP contribution is 2.24. The number of nitrogens with one attached hydrogen (secondary N) is 16. The van der Waals surface area contributed by atoms with Crippen molar-refractivity contribution in [1.82, 2.24) is 98.9 Å². The first-order valence-electron chi connectivity index (χ1n) is 41.6. The van der Waals surface area contributed by atoms with E-state index in [1.54, 1.807) is 65.0 Å². The number of carbonyl (C=O) groups excluding carboxylic acids is 16. The van der Waals surface area contributed by atoms with Gasteiger partial charge < -0.3 is 128 Å². The van der Waals surface area contributed by atoms with Gasteiger partial charge in [0.05, 0.1) is 43.1 Å². The number of unbranched alkanes of at least 4 members (excludes halogenated alkanes) is 1. The summed E-state index contributed by atoms with van der Waals surface area (Å²) in [5.41, 5.74) is 29.3. The highest BCUT2D eigenvalue weighted by atomic mass is 32.1. The van der Waals surface area contributed by atoms with E-state index in [9.17, 15) is 91.7 Å². The summed E-state index contributed by atoms with van der Waals surface area (Å²) in [5, 5.41) is 61.3. The molecule has 16 amide bonds. The second kappa shape index (κ2) is 51.9. The highest BCUT2D eigenvalue weighted by Gasteiger charge is 2.44. The van der Waals surface area contributed by atoms with Crippen molar-refractivity contribution in [3.8, 4) is 0 Å². The number of guanidine groups is 1. The minimum atomic E-state index is -1.92. The predicted octanol–water partition coefficient (Wildman–Crippen LogP) is -6.01. The first-order valence-corrected chi connectivity index (χ1v) is 42.3. The Labute approximate surface area is 723 Å². The van der Waals surface area contributed by atoms with Gasteiger partial charge in [0.25, 0.3) is 0 Å². The van der Waals surface area contributed by atoms with E-state index < -0.39 is 229 Å². The Hall–Kier alpha value is -11.9. The lowest BCUT2D eigenvalue weighted by atomic mass is 9.96. The molecule has 4 heterocycles. The van der Waals surface area contributed by atoms with Crippen LogP contribution in [-0.4, -0.2) is 276 Å². The van der Waals surface area contributed by atoms with Crippen LogP contribution in [0.15, 0.2) is 55.4 Å². The molecule has 0 spiro atoms. The van der Waals surface area contributed by atoms with Gasteiger partial charge in [-0.2, -0.15) is 12.6 Å². The van der Waals surface area contributed by atoms with Gasteiger partial charge in [0.1, 0.15) is 84.6 Å². The van der Waals surface area contributed by atoms with Gasteiger partial charge in [-0.3, -0.25) is 82.1 Å². The Balaban J connectivity index is 1.33. The van der Waals surface area contributed by atoms with Gasteiger partial charge in [-0.15, -0.1) is 0 Å². The van der Waals surface area contributed by atoms with E-state index in [0.717, 1.165) is 9.80 Å². The van der Waals surface area contributed by atoms with E-state index in [4.69, 9.17) is 34.1 Å². The lowest BCUT2D eigenvalue weighted by molar-refractivity contribution is -0.145. The minimum Gasteiger partial charge on any atom is -0.480 e. The number of carboxylic acids is 1. The molecular formula is C79H125N25O19S. The average molecular weight is 1760 g/mol. The maximum Gasteiger partial charge on any atom is 0.326 e. The van der Waals surface area contributed by atoms with Crippen molar-refractivity contribution in [3.63, 3.8) is 0 Å². The molecule has 0 radical (unpaired) electrons. The van der Waals surface area contributed by atoms with Crippen LogP contribution in [0.5, 0.6) is 0 Å². The van der Waals surface area contributed by atoms with Crippen molar-refractivity contribution in [2.75, 3.05) is 38.5 Å². The first-order chi connectivity index (χ1) is 58.8. The lowest BCUT2D eigenvalue weighted by Gasteiger charge is -2.31. The third-order valence-corrected chi connectivity index (χ3v) is 21.7.